The molecule has 1 saturated heterocycles. The number of aromatic nitrogens is 4. The number of H-pyrrole nitrogens is 1. The highest BCUT2D eigenvalue weighted by Crippen LogP contribution is 2.22. The molecule has 0 saturated carbocycles. The molecule has 1 amide bonds. The lowest BCUT2D eigenvalue weighted by atomic mass is 10.0. The minimum atomic E-state index is -0.613. The molecule has 0 unspecified atom stereocenters. The molecule has 10 heteroatoms. The lowest BCUT2D eigenvalue weighted by Crippen LogP contribution is -2.32. The molecule has 2 aromatic carbocycles. The van der Waals surface area contributed by atoms with E-state index in [9.17, 15) is 18.4 Å². The molecule has 0 spiro atoms. The van der Waals surface area contributed by atoms with Crippen molar-refractivity contribution in [1.29, 1.82) is 0 Å². The lowest BCUT2D eigenvalue weighted by molar-refractivity contribution is 0.0787. The zero-order chi connectivity index (χ0) is 23.7. The highest BCUT2D eigenvalue weighted by atomic mass is 19.1. The first-order valence-corrected chi connectivity index (χ1v) is 10.8. The van der Waals surface area contributed by atoms with E-state index in [2.05, 4.69) is 25.5 Å². The fourth-order valence-electron chi connectivity index (χ4n) is 4.16. The van der Waals surface area contributed by atoms with E-state index in [4.69, 9.17) is 0 Å². The summed E-state index contributed by atoms with van der Waals surface area (Å²) in [5, 5.41) is 10.3. The molecule has 1 aliphatic heterocycles. The van der Waals surface area contributed by atoms with Gasteiger partial charge in [-0.05, 0) is 48.4 Å². The maximum absolute atomic E-state index is 14.6. The number of nitrogens with zero attached hydrogens (tertiary/aromatic N) is 4. The molecule has 2 aromatic heterocycles. The van der Waals surface area contributed by atoms with Crippen molar-refractivity contribution in [3.8, 4) is 0 Å². The van der Waals surface area contributed by atoms with Crippen LogP contribution >= 0.6 is 0 Å². The number of likely N-dealkylation sites (tertiary alicyclic amines) is 1. The van der Waals surface area contributed by atoms with Crippen molar-refractivity contribution in [3.05, 3.63) is 93.7 Å². The summed E-state index contributed by atoms with van der Waals surface area (Å²) in [5.41, 5.74) is 0.606. The topological polar surface area (TPSA) is 104 Å². The van der Waals surface area contributed by atoms with Gasteiger partial charge in [0.05, 0.1) is 16.6 Å². The number of hydrogen-bond donors (Lipinski definition) is 2. The van der Waals surface area contributed by atoms with Crippen molar-refractivity contribution in [2.24, 2.45) is 0 Å². The van der Waals surface area contributed by atoms with Gasteiger partial charge >= 0.3 is 0 Å². The summed E-state index contributed by atoms with van der Waals surface area (Å²) in [7, 11) is 0. The first kappa shape index (κ1) is 21.6. The minimum absolute atomic E-state index is 0.0327. The van der Waals surface area contributed by atoms with Crippen LogP contribution in [0.2, 0.25) is 0 Å². The zero-order valence-electron chi connectivity index (χ0n) is 18.0. The molecule has 1 aliphatic rings. The van der Waals surface area contributed by atoms with E-state index in [-0.39, 0.29) is 23.4 Å². The Hall–Kier alpha value is -4.21. The Labute approximate surface area is 192 Å². The smallest absolute Gasteiger partial charge is 0.272 e. The lowest BCUT2D eigenvalue weighted by Gasteiger charge is -2.18. The first-order valence-electron chi connectivity index (χ1n) is 10.8. The number of carbonyl (C=O) groups excluding carboxylic acids is 1. The van der Waals surface area contributed by atoms with Crippen LogP contribution in [0, 0.1) is 11.6 Å². The number of fused-ring (bicyclic) bond motifs is 1. The second kappa shape index (κ2) is 8.97. The van der Waals surface area contributed by atoms with Crippen molar-refractivity contribution < 1.29 is 13.6 Å². The second-order valence-corrected chi connectivity index (χ2v) is 8.13. The Bertz CT molecular complexity index is 1430. The average Bonchev–Trinajstić information content (AvgIpc) is 3.31. The van der Waals surface area contributed by atoms with Gasteiger partial charge in [-0.15, -0.1) is 0 Å². The van der Waals surface area contributed by atoms with E-state index < -0.39 is 23.1 Å². The number of hydrogen-bond acceptors (Lipinski definition) is 6. The van der Waals surface area contributed by atoms with Gasteiger partial charge in [-0.2, -0.15) is 5.10 Å². The molecule has 4 aromatic rings. The predicted molar refractivity (Wildman–Crippen MR) is 121 cm³/mol. The van der Waals surface area contributed by atoms with E-state index in [1.165, 1.54) is 24.3 Å². The molecule has 1 atom stereocenters. The fourth-order valence-corrected chi connectivity index (χ4v) is 4.16. The molecular weight excluding hydrogens is 442 g/mol. The van der Waals surface area contributed by atoms with Gasteiger partial charge in [-0.3, -0.25) is 9.59 Å². The van der Waals surface area contributed by atoms with Crippen LogP contribution in [-0.2, 0) is 6.42 Å². The van der Waals surface area contributed by atoms with E-state index in [0.29, 0.717) is 42.1 Å². The average molecular weight is 462 g/mol. The van der Waals surface area contributed by atoms with Crippen LogP contribution < -0.4 is 10.9 Å². The van der Waals surface area contributed by atoms with Gasteiger partial charge in [0.2, 0.25) is 5.95 Å². The van der Waals surface area contributed by atoms with E-state index in [0.717, 1.165) is 6.07 Å². The molecule has 1 fully saturated rings. The number of halogens is 2. The van der Waals surface area contributed by atoms with E-state index >= 15 is 0 Å². The maximum atomic E-state index is 14.6. The molecule has 3 heterocycles. The number of rotatable bonds is 5. The number of nitrogens with one attached hydrogen (secondary N) is 2. The molecule has 0 radical (unpaired) electrons. The third-order valence-corrected chi connectivity index (χ3v) is 5.84. The monoisotopic (exact) mass is 462 g/mol. The van der Waals surface area contributed by atoms with Gasteiger partial charge in [-0.25, -0.2) is 23.8 Å². The Morgan fingerprint density at radius 1 is 1.12 bits per heavy atom. The van der Waals surface area contributed by atoms with Crippen molar-refractivity contribution in [3.63, 3.8) is 0 Å². The number of carbonyl (C=O) groups is 1. The Morgan fingerprint density at radius 3 is 2.76 bits per heavy atom. The van der Waals surface area contributed by atoms with Crippen LogP contribution in [-0.4, -0.2) is 50.1 Å². The van der Waals surface area contributed by atoms with Crippen LogP contribution in [0.1, 0.15) is 28.0 Å². The molecule has 5 rings (SSSR count). The van der Waals surface area contributed by atoms with Crippen LogP contribution in [0.15, 0.2) is 59.7 Å². The third-order valence-electron chi connectivity index (χ3n) is 5.84. The minimum Gasteiger partial charge on any atom is -0.350 e. The molecule has 0 aliphatic carbocycles. The summed E-state index contributed by atoms with van der Waals surface area (Å²) >= 11 is 0. The quantitative estimate of drug-likeness (QED) is 0.473. The van der Waals surface area contributed by atoms with Gasteiger partial charge in [0.25, 0.3) is 11.5 Å². The Balaban J connectivity index is 1.35. The summed E-state index contributed by atoms with van der Waals surface area (Å²) in [5.74, 6) is -1.06. The molecule has 8 nitrogen and oxygen atoms in total. The van der Waals surface area contributed by atoms with Crippen LogP contribution in [0.5, 0.6) is 0 Å². The van der Waals surface area contributed by atoms with Crippen molar-refractivity contribution >= 4 is 22.6 Å². The zero-order valence-corrected chi connectivity index (χ0v) is 18.0. The summed E-state index contributed by atoms with van der Waals surface area (Å²) in [6, 6.07) is 9.90. The Morgan fingerprint density at radius 2 is 1.94 bits per heavy atom. The molecule has 172 valence electrons. The van der Waals surface area contributed by atoms with Gasteiger partial charge in [0.1, 0.15) is 11.6 Å². The molecular formula is C24H20F2N6O2. The molecule has 34 heavy (non-hydrogen) atoms. The highest BCUT2D eigenvalue weighted by molar-refractivity contribution is 5.95. The van der Waals surface area contributed by atoms with Gasteiger partial charge in [0.15, 0.2) is 0 Å². The first-order chi connectivity index (χ1) is 16.5. The van der Waals surface area contributed by atoms with E-state index in [1.807, 2.05) is 0 Å². The number of anilines is 1. The van der Waals surface area contributed by atoms with Gasteiger partial charge < -0.3 is 10.2 Å². The van der Waals surface area contributed by atoms with Crippen LogP contribution in [0.25, 0.3) is 10.8 Å². The Kier molecular flexibility index (Phi) is 5.70. The number of benzene rings is 2. The van der Waals surface area contributed by atoms with Gasteiger partial charge in [0, 0.05) is 43.3 Å². The largest absolute Gasteiger partial charge is 0.350 e. The third kappa shape index (κ3) is 4.34. The van der Waals surface area contributed by atoms with Crippen molar-refractivity contribution in [1.82, 2.24) is 25.1 Å². The summed E-state index contributed by atoms with van der Waals surface area (Å²) < 4.78 is 28.2. The SMILES string of the molecule is O=C(c1cc(Cc2n[nH]c(=O)c3cc(F)ccc23)ccc1F)N1CC[C@@H](Nc2ncccn2)C1. The highest BCUT2D eigenvalue weighted by Gasteiger charge is 2.29. The summed E-state index contributed by atoms with van der Waals surface area (Å²) in [6.45, 7) is 0.878. The van der Waals surface area contributed by atoms with Crippen molar-refractivity contribution in [2.45, 2.75) is 18.9 Å². The van der Waals surface area contributed by atoms with Gasteiger partial charge in [-0.1, -0.05) is 6.07 Å². The second-order valence-electron chi connectivity index (χ2n) is 8.13. The molecule has 2 N–H and O–H groups in total. The predicted octanol–water partition coefficient (Wildman–Crippen LogP) is 2.91. The molecule has 0 bridgehead atoms. The number of aromatic amines is 1. The van der Waals surface area contributed by atoms with Crippen LogP contribution in [0.4, 0.5) is 14.7 Å². The van der Waals surface area contributed by atoms with Crippen molar-refractivity contribution in [2.75, 3.05) is 18.4 Å². The summed E-state index contributed by atoms with van der Waals surface area (Å²) in [6.07, 6.45) is 4.18. The number of amides is 1. The van der Waals surface area contributed by atoms with Crippen LogP contribution in [0.3, 0.4) is 0 Å². The maximum Gasteiger partial charge on any atom is 0.272 e. The van der Waals surface area contributed by atoms with E-state index in [1.54, 1.807) is 29.4 Å². The fraction of sp³-hybridized carbons (Fsp3) is 0.208. The summed E-state index contributed by atoms with van der Waals surface area (Å²) in [4.78, 5) is 35.0. The normalized spacial score (nSPS) is 15.6. The standard InChI is InChI=1S/C24H20F2N6O2/c25-15-3-4-17-18(12-15)22(33)31-30-21(17)11-14-2-5-20(26)19(10-14)23(34)32-9-6-16(13-32)29-24-27-7-1-8-28-24/h1-5,7-8,10,12,16H,6,9,11,13H2,(H,31,33)(H,27,28,29)/t16-/m1/s1.